The van der Waals surface area contributed by atoms with Crippen LogP contribution < -0.4 is 38.3 Å². The molecule has 1 aliphatic heterocycles. The molecule has 2 fully saturated rings. The molecule has 1 aliphatic carbocycles. The number of carbonyl (C=O) groups excluding carboxylic acids is 5. The second-order valence-electron chi connectivity index (χ2n) is 14.4. The van der Waals surface area contributed by atoms with Crippen molar-refractivity contribution in [3.05, 3.63) is 0 Å². The van der Waals surface area contributed by atoms with Crippen molar-refractivity contribution in [1.29, 1.82) is 0 Å². The molecule has 1 heterocycles. The second kappa shape index (κ2) is 22.6. The first kappa shape index (κ1) is 45.6. The van der Waals surface area contributed by atoms with Crippen LogP contribution in [0.3, 0.4) is 0 Å². The normalized spacial score (nSPS) is 22.2. The summed E-state index contributed by atoms with van der Waals surface area (Å²) in [5.74, 6) is 1.09. The number of hydrogen-bond acceptors (Lipinski definition) is 14. The molecule has 0 spiro atoms. The average Bonchev–Trinajstić information content (AvgIpc) is 3.79. The number of carbonyl (C=O) groups is 7. The quantitative estimate of drug-likeness (QED) is 0.0175. The number of ether oxygens (including phenoxy) is 2. The molecule has 3 amide bonds. The number of ketones is 2. The molecule has 4 atom stereocenters. The van der Waals surface area contributed by atoms with Gasteiger partial charge in [0.05, 0.1) is 43.5 Å². The van der Waals surface area contributed by atoms with Gasteiger partial charge in [0.1, 0.15) is 12.6 Å². The lowest BCUT2D eigenvalue weighted by molar-refractivity contribution is -0.143. The maximum absolute atomic E-state index is 13.5. The molecule has 0 bridgehead atoms. The first-order valence-corrected chi connectivity index (χ1v) is 18.2. The Kier molecular flexibility index (Phi) is 19.4. The van der Waals surface area contributed by atoms with Gasteiger partial charge in [-0.1, -0.05) is 0 Å². The van der Waals surface area contributed by atoms with Crippen LogP contribution in [0, 0.1) is 11.8 Å². The van der Waals surface area contributed by atoms with E-state index >= 15 is 0 Å². The Morgan fingerprint density at radius 1 is 0.906 bits per heavy atom. The number of carboxylic acid groups (broad SMARTS) is 2. The first-order chi connectivity index (χ1) is 25.0. The highest BCUT2D eigenvalue weighted by atomic mass is 16.5. The van der Waals surface area contributed by atoms with E-state index in [0.29, 0.717) is 51.5 Å². The number of hydrazine groups is 1. The monoisotopic (exact) mass is 756 g/mol. The molecule has 0 aromatic rings. The number of amides is 3. The van der Waals surface area contributed by atoms with E-state index in [2.05, 4.69) is 26.7 Å². The van der Waals surface area contributed by atoms with E-state index in [1.165, 1.54) is 0 Å². The van der Waals surface area contributed by atoms with Crippen LogP contribution in [0.5, 0.6) is 0 Å². The van der Waals surface area contributed by atoms with E-state index in [4.69, 9.17) is 21.1 Å². The fourth-order valence-electron chi connectivity index (χ4n) is 6.11. The van der Waals surface area contributed by atoms with Crippen molar-refractivity contribution < 1.29 is 53.2 Å². The molecule has 11 N–H and O–H groups in total. The Labute approximate surface area is 310 Å². The predicted octanol–water partition coefficient (Wildman–Crippen LogP) is -2.36. The van der Waals surface area contributed by atoms with Gasteiger partial charge in [0.2, 0.25) is 17.7 Å². The zero-order chi connectivity index (χ0) is 39.6. The molecule has 0 aromatic heterocycles. The van der Waals surface area contributed by atoms with Gasteiger partial charge < -0.3 is 41.4 Å². The number of nitrogens with one attached hydrogen (secondary N) is 5. The van der Waals surface area contributed by atoms with Gasteiger partial charge in [0.25, 0.3) is 0 Å². The molecule has 53 heavy (non-hydrogen) atoms. The standard InChI is InChI=1S/C34H60N8O11/c1-33(2,38-19-28(45)37-13-12-35)26(43)20-53-17-16-52-15-14-42-21-34(42,3)30(48)24(9-11-29(46)47)40-27(44)10-8-25(32(50)51)41-31(49)23-6-4-22(5-7-23)18-39-36/h22-25,38-39H,4-21,35-36H2,1-3H3,(H,37,45)(H,40,44)(H,41,49)(H,46,47)(H,50,51)/t22?,23?,24-,25-,34?,42?/m0/s1. The van der Waals surface area contributed by atoms with Crippen molar-refractivity contribution in [1.82, 2.24) is 31.6 Å². The summed E-state index contributed by atoms with van der Waals surface area (Å²) >= 11 is 0. The smallest absolute Gasteiger partial charge is 0.326 e. The van der Waals surface area contributed by atoms with E-state index in [0.717, 1.165) is 12.8 Å². The molecule has 1 saturated carbocycles. The lowest BCUT2D eigenvalue weighted by Crippen LogP contribution is -2.52. The summed E-state index contributed by atoms with van der Waals surface area (Å²) in [6.07, 6.45) is 1.76. The number of carboxylic acids is 2. The van der Waals surface area contributed by atoms with E-state index in [-0.39, 0.29) is 88.0 Å². The molecule has 302 valence electrons. The minimum absolute atomic E-state index is 0.0448. The second-order valence-corrected chi connectivity index (χ2v) is 14.4. The SMILES string of the molecule is CC(C)(NCC(=O)NCCN)C(=O)COCCOCCN1CC1(C)C(=O)[C@H](CCC(=O)O)NC(=O)CC[C@H](NC(=O)C1CCC(CNN)CC1)C(=O)O. The van der Waals surface area contributed by atoms with Gasteiger partial charge in [0.15, 0.2) is 11.6 Å². The highest BCUT2D eigenvalue weighted by molar-refractivity contribution is 5.98. The van der Waals surface area contributed by atoms with Crippen LogP contribution in [0.25, 0.3) is 0 Å². The van der Waals surface area contributed by atoms with Gasteiger partial charge in [0, 0.05) is 51.5 Å². The Hall–Kier alpha value is -3.59. The number of rotatable bonds is 28. The highest BCUT2D eigenvalue weighted by Gasteiger charge is 2.55. The van der Waals surface area contributed by atoms with Crippen molar-refractivity contribution in [2.24, 2.45) is 23.4 Å². The molecular weight excluding hydrogens is 696 g/mol. The summed E-state index contributed by atoms with van der Waals surface area (Å²) in [6.45, 7) is 7.36. The van der Waals surface area contributed by atoms with Crippen molar-refractivity contribution in [3.8, 4) is 0 Å². The molecular formula is C34H60N8O11. The van der Waals surface area contributed by atoms with Crippen LogP contribution >= 0.6 is 0 Å². The fourth-order valence-corrected chi connectivity index (χ4v) is 6.11. The molecule has 0 aromatic carbocycles. The van der Waals surface area contributed by atoms with Gasteiger partial charge in [-0.05, 0) is 65.2 Å². The van der Waals surface area contributed by atoms with Crippen LogP contribution in [-0.4, -0.2) is 145 Å². The molecule has 2 aliphatic rings. The van der Waals surface area contributed by atoms with Crippen LogP contribution in [0.1, 0.15) is 72.1 Å². The maximum Gasteiger partial charge on any atom is 0.326 e. The van der Waals surface area contributed by atoms with Crippen LogP contribution in [-0.2, 0) is 43.0 Å². The largest absolute Gasteiger partial charge is 0.481 e. The molecule has 19 heteroatoms. The third kappa shape index (κ3) is 16.1. The average molecular weight is 757 g/mol. The molecule has 2 unspecified atom stereocenters. The van der Waals surface area contributed by atoms with Crippen molar-refractivity contribution in [3.63, 3.8) is 0 Å². The minimum atomic E-state index is -1.30. The summed E-state index contributed by atoms with van der Waals surface area (Å²) in [7, 11) is 0. The summed E-state index contributed by atoms with van der Waals surface area (Å²) in [6, 6.07) is -2.42. The first-order valence-electron chi connectivity index (χ1n) is 18.2. The van der Waals surface area contributed by atoms with Crippen LogP contribution in [0.4, 0.5) is 0 Å². The van der Waals surface area contributed by atoms with Crippen LogP contribution in [0.2, 0.25) is 0 Å². The van der Waals surface area contributed by atoms with Gasteiger partial charge in [-0.3, -0.25) is 50.3 Å². The number of nitrogens with zero attached hydrogens (tertiary/aromatic N) is 1. The van der Waals surface area contributed by atoms with E-state index in [9.17, 15) is 43.8 Å². The van der Waals surface area contributed by atoms with Crippen molar-refractivity contribution in [2.75, 3.05) is 65.7 Å². The number of aliphatic carboxylic acids is 2. The van der Waals surface area contributed by atoms with E-state index < -0.39 is 41.0 Å². The van der Waals surface area contributed by atoms with E-state index in [1.807, 2.05) is 4.90 Å². The van der Waals surface area contributed by atoms with E-state index in [1.54, 1.807) is 20.8 Å². The van der Waals surface area contributed by atoms with Gasteiger partial charge in [-0.25, -0.2) is 4.79 Å². The van der Waals surface area contributed by atoms with Crippen molar-refractivity contribution >= 4 is 41.2 Å². The lowest BCUT2D eigenvalue weighted by Gasteiger charge is -2.28. The Morgan fingerprint density at radius 3 is 2.19 bits per heavy atom. The molecule has 19 nitrogen and oxygen atoms in total. The fraction of sp³-hybridized carbons (Fsp3) is 0.794. The zero-order valence-corrected chi connectivity index (χ0v) is 31.2. The lowest BCUT2D eigenvalue weighted by atomic mass is 9.81. The Morgan fingerprint density at radius 2 is 1.57 bits per heavy atom. The summed E-state index contributed by atoms with van der Waals surface area (Å²) in [5.41, 5.74) is 6.05. The topological polar surface area (TPSA) is 294 Å². The zero-order valence-electron chi connectivity index (χ0n) is 31.2. The van der Waals surface area contributed by atoms with Crippen LogP contribution in [0.15, 0.2) is 0 Å². The maximum atomic E-state index is 13.5. The minimum Gasteiger partial charge on any atom is -0.481 e. The third-order valence-corrected chi connectivity index (χ3v) is 9.79. The number of hydrogen-bond donors (Lipinski definition) is 9. The summed E-state index contributed by atoms with van der Waals surface area (Å²) < 4.78 is 11.0. The van der Waals surface area contributed by atoms with Gasteiger partial charge in [-0.2, -0.15) is 0 Å². The summed E-state index contributed by atoms with van der Waals surface area (Å²) in [4.78, 5) is 88.5. The Balaban J connectivity index is 1.76. The molecule has 2 rings (SSSR count). The third-order valence-electron chi connectivity index (χ3n) is 9.79. The predicted molar refractivity (Wildman–Crippen MR) is 191 cm³/mol. The van der Waals surface area contributed by atoms with Crippen molar-refractivity contribution in [2.45, 2.75) is 95.3 Å². The molecule has 1 saturated heterocycles. The number of Topliss-reactive ketones (excluding diaryl/α,β-unsaturated/α-hetero) is 2. The highest BCUT2D eigenvalue weighted by Crippen LogP contribution is 2.34. The Bertz CT molecular complexity index is 1260. The number of nitrogens with two attached hydrogens (primary N) is 2. The molecule has 0 radical (unpaired) electrons. The summed E-state index contributed by atoms with van der Waals surface area (Å²) in [5, 5.41) is 29.6. The van der Waals surface area contributed by atoms with Gasteiger partial charge >= 0.3 is 11.9 Å². The van der Waals surface area contributed by atoms with Gasteiger partial charge in [-0.15, -0.1) is 0 Å².